The Labute approximate surface area is 173 Å². The predicted octanol–water partition coefficient (Wildman–Crippen LogP) is 1.96. The van der Waals surface area contributed by atoms with Gasteiger partial charge in [0.2, 0.25) is 5.91 Å². The Hall–Kier alpha value is -2.39. The molecule has 1 heterocycles. The van der Waals surface area contributed by atoms with Crippen LogP contribution in [-0.2, 0) is 16.1 Å². The first-order valence-electron chi connectivity index (χ1n) is 9.53. The third-order valence-electron chi connectivity index (χ3n) is 4.47. The number of amides is 1. The van der Waals surface area contributed by atoms with Gasteiger partial charge in [-0.3, -0.25) is 14.2 Å². The number of rotatable bonds is 9. The second-order valence-electron chi connectivity index (χ2n) is 6.75. The molecule has 8 nitrogen and oxygen atoms in total. The Morgan fingerprint density at radius 1 is 1.31 bits per heavy atom. The molecule has 0 radical (unpaired) electrons. The van der Waals surface area contributed by atoms with Crippen LogP contribution in [0.5, 0.6) is 0 Å². The molecule has 1 amide bonds. The molecule has 0 fully saturated rings. The van der Waals surface area contributed by atoms with E-state index in [4.69, 9.17) is 4.74 Å². The number of carbonyl (C=O) groups is 2. The minimum atomic E-state index is -0.765. The number of carbonyl (C=O) groups excluding carboxylic acids is 2. The molecule has 2 rings (SSSR count). The molecule has 0 aliphatic carbocycles. The van der Waals surface area contributed by atoms with Gasteiger partial charge in [-0.05, 0) is 38.0 Å². The van der Waals surface area contributed by atoms with E-state index in [1.54, 1.807) is 6.92 Å². The van der Waals surface area contributed by atoms with Crippen molar-refractivity contribution in [2.75, 3.05) is 12.9 Å². The van der Waals surface area contributed by atoms with Crippen molar-refractivity contribution >= 4 is 34.5 Å². The number of ether oxygens (including phenoxy) is 1. The third-order valence-corrected chi connectivity index (χ3v) is 5.45. The molecular weight excluding hydrogens is 394 g/mol. The summed E-state index contributed by atoms with van der Waals surface area (Å²) in [6, 6.07) is 4.61. The topological polar surface area (TPSA) is 111 Å². The fourth-order valence-corrected chi connectivity index (χ4v) is 3.69. The van der Waals surface area contributed by atoms with Gasteiger partial charge >= 0.3 is 5.97 Å². The Balaban J connectivity index is 2.40. The van der Waals surface area contributed by atoms with Crippen molar-refractivity contribution in [3.05, 3.63) is 34.1 Å². The predicted molar refractivity (Wildman–Crippen MR) is 112 cm³/mol. The second kappa shape index (κ2) is 10.4. The van der Waals surface area contributed by atoms with Gasteiger partial charge in [0.1, 0.15) is 0 Å². The van der Waals surface area contributed by atoms with E-state index in [1.165, 1.54) is 29.9 Å². The third kappa shape index (κ3) is 5.80. The van der Waals surface area contributed by atoms with Gasteiger partial charge in [0.15, 0.2) is 5.16 Å². The van der Waals surface area contributed by atoms with E-state index in [2.05, 4.69) is 10.3 Å². The Morgan fingerprint density at radius 3 is 2.59 bits per heavy atom. The molecule has 2 aromatic rings. The summed E-state index contributed by atoms with van der Waals surface area (Å²) in [4.78, 5) is 41.5. The van der Waals surface area contributed by atoms with Crippen molar-refractivity contribution in [3.8, 4) is 0 Å². The number of aliphatic hydroxyl groups excluding tert-OH is 1. The first-order chi connectivity index (χ1) is 13.8. The zero-order chi connectivity index (χ0) is 21.6. The summed E-state index contributed by atoms with van der Waals surface area (Å²) >= 11 is 1.12. The molecule has 9 heteroatoms. The van der Waals surface area contributed by atoms with Gasteiger partial charge in [-0.25, -0.2) is 9.78 Å². The average molecular weight is 422 g/mol. The SMILES string of the molecule is CCC(CC)NC(=O)CSc1nc2cc(C(=O)OC)ccc2c(=O)n1C[C@@H](C)O. The minimum Gasteiger partial charge on any atom is -0.465 e. The highest BCUT2D eigenvalue weighted by Crippen LogP contribution is 2.19. The van der Waals surface area contributed by atoms with Crippen LogP contribution < -0.4 is 10.9 Å². The smallest absolute Gasteiger partial charge is 0.337 e. The van der Waals surface area contributed by atoms with Crippen LogP contribution in [0.4, 0.5) is 0 Å². The summed E-state index contributed by atoms with van der Waals surface area (Å²) in [5.74, 6) is -0.587. The van der Waals surface area contributed by atoms with E-state index < -0.39 is 12.1 Å². The Bertz CT molecular complexity index is 938. The molecule has 0 unspecified atom stereocenters. The van der Waals surface area contributed by atoms with Crippen LogP contribution in [0.1, 0.15) is 44.0 Å². The summed E-state index contributed by atoms with van der Waals surface area (Å²) in [7, 11) is 1.28. The average Bonchev–Trinajstić information content (AvgIpc) is 2.71. The number of hydrogen-bond acceptors (Lipinski definition) is 7. The van der Waals surface area contributed by atoms with Crippen LogP contribution >= 0.6 is 11.8 Å². The van der Waals surface area contributed by atoms with Crippen LogP contribution in [0.25, 0.3) is 10.9 Å². The monoisotopic (exact) mass is 421 g/mol. The highest BCUT2D eigenvalue weighted by Gasteiger charge is 2.17. The number of fused-ring (bicyclic) bond motifs is 1. The lowest BCUT2D eigenvalue weighted by molar-refractivity contribution is -0.119. The lowest BCUT2D eigenvalue weighted by Gasteiger charge is -2.16. The van der Waals surface area contributed by atoms with Crippen molar-refractivity contribution in [2.24, 2.45) is 0 Å². The van der Waals surface area contributed by atoms with E-state index in [0.717, 1.165) is 24.6 Å². The van der Waals surface area contributed by atoms with Gasteiger partial charge in [0.25, 0.3) is 5.56 Å². The number of methoxy groups -OCH3 is 1. The van der Waals surface area contributed by atoms with Gasteiger partial charge in [0, 0.05) is 6.04 Å². The molecule has 0 aliphatic rings. The van der Waals surface area contributed by atoms with Crippen LogP contribution in [-0.4, -0.2) is 51.5 Å². The van der Waals surface area contributed by atoms with Crippen molar-refractivity contribution in [3.63, 3.8) is 0 Å². The van der Waals surface area contributed by atoms with Crippen molar-refractivity contribution < 1.29 is 19.4 Å². The quantitative estimate of drug-likeness (QED) is 0.362. The summed E-state index contributed by atoms with van der Waals surface area (Å²) in [5, 5.41) is 13.4. The van der Waals surface area contributed by atoms with Gasteiger partial charge in [-0.2, -0.15) is 0 Å². The number of benzene rings is 1. The largest absolute Gasteiger partial charge is 0.465 e. The first kappa shape index (κ1) is 22.9. The lowest BCUT2D eigenvalue weighted by atomic mass is 10.1. The van der Waals surface area contributed by atoms with E-state index in [0.29, 0.717) is 16.1 Å². The van der Waals surface area contributed by atoms with Crippen LogP contribution in [0.2, 0.25) is 0 Å². The van der Waals surface area contributed by atoms with Crippen molar-refractivity contribution in [1.82, 2.24) is 14.9 Å². The zero-order valence-corrected chi connectivity index (χ0v) is 17.9. The van der Waals surface area contributed by atoms with Crippen LogP contribution in [0.3, 0.4) is 0 Å². The van der Waals surface area contributed by atoms with Crippen molar-refractivity contribution in [2.45, 2.75) is 57.5 Å². The minimum absolute atomic E-state index is 0.0526. The second-order valence-corrected chi connectivity index (χ2v) is 7.69. The summed E-state index contributed by atoms with van der Waals surface area (Å²) in [6.45, 7) is 5.64. The van der Waals surface area contributed by atoms with Crippen molar-refractivity contribution in [1.29, 1.82) is 0 Å². The zero-order valence-electron chi connectivity index (χ0n) is 17.1. The molecule has 0 saturated carbocycles. The molecule has 0 aliphatic heterocycles. The fraction of sp³-hybridized carbons (Fsp3) is 0.500. The normalized spacial score (nSPS) is 12.2. The number of nitrogens with one attached hydrogen (secondary N) is 1. The number of aliphatic hydroxyl groups is 1. The van der Waals surface area contributed by atoms with E-state index in [9.17, 15) is 19.5 Å². The van der Waals surface area contributed by atoms with E-state index >= 15 is 0 Å². The highest BCUT2D eigenvalue weighted by molar-refractivity contribution is 7.99. The number of esters is 1. The van der Waals surface area contributed by atoms with Gasteiger partial charge in [-0.15, -0.1) is 0 Å². The van der Waals surface area contributed by atoms with Gasteiger partial charge in [0.05, 0.1) is 42.0 Å². The molecular formula is C20H27N3O5S. The number of aromatic nitrogens is 2. The lowest BCUT2D eigenvalue weighted by Crippen LogP contribution is -2.35. The number of hydrogen-bond donors (Lipinski definition) is 2. The molecule has 1 atom stereocenters. The maximum atomic E-state index is 12.9. The maximum Gasteiger partial charge on any atom is 0.337 e. The Kier molecular flexibility index (Phi) is 8.21. The summed E-state index contributed by atoms with van der Waals surface area (Å²) < 4.78 is 6.08. The molecule has 158 valence electrons. The number of nitrogens with zero attached hydrogens (tertiary/aromatic N) is 2. The van der Waals surface area contributed by atoms with Gasteiger partial charge in [-0.1, -0.05) is 25.6 Å². The molecule has 0 spiro atoms. The van der Waals surface area contributed by atoms with Gasteiger partial charge < -0.3 is 15.2 Å². The summed E-state index contributed by atoms with van der Waals surface area (Å²) in [6.07, 6.45) is 0.910. The Morgan fingerprint density at radius 2 is 2.00 bits per heavy atom. The molecule has 1 aromatic heterocycles. The molecule has 1 aromatic carbocycles. The fourth-order valence-electron chi connectivity index (χ4n) is 2.87. The highest BCUT2D eigenvalue weighted by atomic mass is 32.2. The first-order valence-corrected chi connectivity index (χ1v) is 10.5. The maximum absolute atomic E-state index is 12.9. The van der Waals surface area contributed by atoms with E-state index in [-0.39, 0.29) is 35.4 Å². The van der Waals surface area contributed by atoms with Crippen LogP contribution in [0.15, 0.2) is 28.2 Å². The number of thioether (sulfide) groups is 1. The molecule has 2 N–H and O–H groups in total. The molecule has 29 heavy (non-hydrogen) atoms. The molecule has 0 saturated heterocycles. The van der Waals surface area contributed by atoms with E-state index in [1.807, 2.05) is 13.8 Å². The molecule has 0 bridgehead atoms. The van der Waals surface area contributed by atoms with Crippen LogP contribution in [0, 0.1) is 0 Å². The summed E-state index contributed by atoms with van der Waals surface area (Å²) in [5.41, 5.74) is 0.278. The standard InChI is InChI=1S/C20H27N3O5S/c1-5-14(6-2)21-17(25)11-29-20-22-16-9-13(19(27)28-4)7-8-15(16)18(26)23(20)10-12(3)24/h7-9,12,14,24H,5-6,10-11H2,1-4H3,(H,21,25)/t12-/m1/s1.